The average Bonchev–Trinajstić information content (AvgIpc) is 2.79. The molecule has 3 rings (SSSR count). The number of amides is 1. The second-order valence-corrected chi connectivity index (χ2v) is 8.45. The predicted octanol–water partition coefficient (Wildman–Crippen LogP) is 5.12. The monoisotopic (exact) mass is 442 g/mol. The Kier molecular flexibility index (Phi) is 8.50. The lowest BCUT2D eigenvalue weighted by molar-refractivity contribution is -0.144. The first-order chi connectivity index (χ1) is 15.0. The van der Waals surface area contributed by atoms with E-state index < -0.39 is 0 Å². The number of carbonyl (C=O) groups is 2. The molecule has 31 heavy (non-hydrogen) atoms. The van der Waals surface area contributed by atoms with E-state index in [1.807, 2.05) is 44.2 Å². The van der Waals surface area contributed by atoms with Gasteiger partial charge >= 0.3 is 5.97 Å². The van der Waals surface area contributed by atoms with Gasteiger partial charge in [0.1, 0.15) is 0 Å². The van der Waals surface area contributed by atoms with Crippen LogP contribution in [0.25, 0.3) is 0 Å². The van der Waals surface area contributed by atoms with Crippen molar-refractivity contribution in [2.24, 2.45) is 5.92 Å². The molecule has 0 spiro atoms. The van der Waals surface area contributed by atoms with Gasteiger partial charge in [-0.3, -0.25) is 14.5 Å². The number of ether oxygens (including phenoxy) is 1. The standard InChI is InChI=1S/C25H31ClN2O3/c1-3-31-24(29)17-21(19-9-5-4-6-10-19)20-13-15-28(16-14-20)18(2)25(30)27-23-12-8-7-11-22(23)26/h4-12,18,20-21H,3,13-17H2,1-2H3,(H,27,30). The van der Waals surface area contributed by atoms with Crippen LogP contribution >= 0.6 is 11.6 Å². The molecule has 1 aliphatic rings. The van der Waals surface area contributed by atoms with Gasteiger partial charge in [-0.25, -0.2) is 0 Å². The van der Waals surface area contributed by atoms with Crippen LogP contribution in [0.1, 0.15) is 44.6 Å². The Bertz CT molecular complexity index is 866. The van der Waals surface area contributed by atoms with Crippen LogP contribution in [0.3, 0.4) is 0 Å². The summed E-state index contributed by atoms with van der Waals surface area (Å²) in [7, 11) is 0. The number of carbonyl (C=O) groups excluding carboxylic acids is 2. The van der Waals surface area contributed by atoms with Crippen molar-refractivity contribution >= 4 is 29.2 Å². The number of hydrogen-bond donors (Lipinski definition) is 1. The summed E-state index contributed by atoms with van der Waals surface area (Å²) in [6, 6.07) is 17.2. The van der Waals surface area contributed by atoms with Gasteiger partial charge in [-0.1, -0.05) is 54.1 Å². The average molecular weight is 443 g/mol. The predicted molar refractivity (Wildman–Crippen MR) is 124 cm³/mol. The molecule has 5 nitrogen and oxygen atoms in total. The summed E-state index contributed by atoms with van der Waals surface area (Å²) < 4.78 is 5.23. The molecule has 1 heterocycles. The van der Waals surface area contributed by atoms with Crippen LogP contribution in [-0.4, -0.2) is 42.5 Å². The van der Waals surface area contributed by atoms with E-state index in [1.165, 1.54) is 5.56 Å². The van der Waals surface area contributed by atoms with Crippen molar-refractivity contribution in [3.05, 3.63) is 65.2 Å². The molecule has 2 unspecified atom stereocenters. The number of anilines is 1. The first-order valence-electron chi connectivity index (χ1n) is 11.0. The van der Waals surface area contributed by atoms with E-state index in [0.29, 0.717) is 29.7 Å². The van der Waals surface area contributed by atoms with E-state index in [4.69, 9.17) is 16.3 Å². The van der Waals surface area contributed by atoms with E-state index in [-0.39, 0.29) is 23.8 Å². The fourth-order valence-electron chi connectivity index (χ4n) is 4.33. The van der Waals surface area contributed by atoms with E-state index in [9.17, 15) is 9.59 Å². The minimum atomic E-state index is -0.252. The van der Waals surface area contributed by atoms with Gasteiger partial charge in [0, 0.05) is 0 Å². The zero-order chi connectivity index (χ0) is 22.2. The summed E-state index contributed by atoms with van der Waals surface area (Å²) in [5.41, 5.74) is 1.81. The number of para-hydroxylation sites is 1. The van der Waals surface area contributed by atoms with Gasteiger partial charge in [0.15, 0.2) is 0 Å². The van der Waals surface area contributed by atoms with Crippen LogP contribution in [0.4, 0.5) is 5.69 Å². The Morgan fingerprint density at radius 2 is 1.74 bits per heavy atom. The van der Waals surface area contributed by atoms with Gasteiger partial charge in [-0.15, -0.1) is 0 Å². The van der Waals surface area contributed by atoms with Crippen molar-refractivity contribution in [3.63, 3.8) is 0 Å². The number of benzene rings is 2. The van der Waals surface area contributed by atoms with Crippen molar-refractivity contribution in [1.82, 2.24) is 4.90 Å². The highest BCUT2D eigenvalue weighted by Crippen LogP contribution is 2.36. The summed E-state index contributed by atoms with van der Waals surface area (Å²) in [6.45, 7) is 5.79. The molecule has 2 atom stereocenters. The molecule has 1 saturated heterocycles. The quantitative estimate of drug-likeness (QED) is 0.576. The highest BCUT2D eigenvalue weighted by molar-refractivity contribution is 6.33. The van der Waals surface area contributed by atoms with Crippen LogP contribution in [-0.2, 0) is 14.3 Å². The third-order valence-corrected chi connectivity index (χ3v) is 6.45. The summed E-state index contributed by atoms with van der Waals surface area (Å²) >= 11 is 6.17. The first-order valence-corrected chi connectivity index (χ1v) is 11.4. The molecule has 0 radical (unpaired) electrons. The fraction of sp³-hybridized carbons (Fsp3) is 0.440. The number of halogens is 1. The second-order valence-electron chi connectivity index (χ2n) is 8.04. The lowest BCUT2D eigenvalue weighted by Crippen LogP contribution is -2.46. The molecule has 6 heteroatoms. The molecule has 0 aliphatic carbocycles. The van der Waals surface area contributed by atoms with Crippen molar-refractivity contribution in [2.75, 3.05) is 25.0 Å². The molecule has 1 fully saturated rings. The minimum absolute atomic E-state index is 0.0577. The lowest BCUT2D eigenvalue weighted by Gasteiger charge is -2.38. The Morgan fingerprint density at radius 3 is 2.39 bits per heavy atom. The first kappa shape index (κ1) is 23.3. The number of likely N-dealkylation sites (tertiary alicyclic amines) is 1. The lowest BCUT2D eigenvalue weighted by atomic mass is 9.78. The van der Waals surface area contributed by atoms with Gasteiger partial charge in [-0.05, 0) is 69.3 Å². The number of nitrogens with one attached hydrogen (secondary N) is 1. The number of rotatable bonds is 8. The maximum atomic E-state index is 12.7. The molecule has 2 aromatic rings. The molecule has 0 bridgehead atoms. The Morgan fingerprint density at radius 1 is 1.10 bits per heavy atom. The Labute approximate surface area is 189 Å². The van der Waals surface area contributed by atoms with Crippen LogP contribution in [0.5, 0.6) is 0 Å². The molecular weight excluding hydrogens is 412 g/mol. The van der Waals surface area contributed by atoms with Gasteiger partial charge < -0.3 is 10.1 Å². The normalized spacial score (nSPS) is 17.0. The third-order valence-electron chi connectivity index (χ3n) is 6.12. The smallest absolute Gasteiger partial charge is 0.306 e. The molecule has 1 N–H and O–H groups in total. The van der Waals surface area contributed by atoms with Gasteiger partial charge in [-0.2, -0.15) is 0 Å². The van der Waals surface area contributed by atoms with Gasteiger partial charge in [0.25, 0.3) is 0 Å². The third kappa shape index (κ3) is 6.31. The SMILES string of the molecule is CCOC(=O)CC(c1ccccc1)C1CCN(C(C)C(=O)Nc2ccccc2Cl)CC1. The highest BCUT2D eigenvalue weighted by atomic mass is 35.5. The largest absolute Gasteiger partial charge is 0.466 e. The Balaban J connectivity index is 1.61. The van der Waals surface area contributed by atoms with E-state index in [0.717, 1.165) is 25.9 Å². The second kappa shape index (κ2) is 11.3. The fourth-order valence-corrected chi connectivity index (χ4v) is 4.51. The highest BCUT2D eigenvalue weighted by Gasteiger charge is 2.32. The number of nitrogens with zero attached hydrogens (tertiary/aromatic N) is 1. The molecule has 1 amide bonds. The van der Waals surface area contributed by atoms with E-state index in [1.54, 1.807) is 12.1 Å². The van der Waals surface area contributed by atoms with Gasteiger partial charge in [0.2, 0.25) is 5.91 Å². The number of esters is 1. The number of piperidine rings is 1. The summed E-state index contributed by atoms with van der Waals surface area (Å²) in [4.78, 5) is 27.2. The van der Waals surface area contributed by atoms with Crippen LogP contribution in [0, 0.1) is 5.92 Å². The van der Waals surface area contributed by atoms with Crippen molar-refractivity contribution in [3.8, 4) is 0 Å². The molecule has 166 valence electrons. The van der Waals surface area contributed by atoms with E-state index >= 15 is 0 Å². The van der Waals surface area contributed by atoms with Crippen molar-refractivity contribution in [2.45, 2.75) is 45.1 Å². The summed E-state index contributed by atoms with van der Waals surface area (Å²) in [6.07, 6.45) is 2.26. The molecular formula is C25H31ClN2O3. The van der Waals surface area contributed by atoms with Gasteiger partial charge in [0.05, 0.1) is 29.8 Å². The number of hydrogen-bond acceptors (Lipinski definition) is 4. The molecule has 0 saturated carbocycles. The summed E-state index contributed by atoms with van der Waals surface area (Å²) in [5.74, 6) is 0.306. The maximum absolute atomic E-state index is 12.7. The van der Waals surface area contributed by atoms with Crippen LogP contribution < -0.4 is 5.32 Å². The zero-order valence-corrected chi connectivity index (χ0v) is 19.0. The Hall–Kier alpha value is -2.37. The molecule has 1 aliphatic heterocycles. The minimum Gasteiger partial charge on any atom is -0.466 e. The zero-order valence-electron chi connectivity index (χ0n) is 18.2. The topological polar surface area (TPSA) is 58.6 Å². The van der Waals surface area contributed by atoms with Crippen molar-refractivity contribution < 1.29 is 14.3 Å². The molecule has 0 aromatic heterocycles. The van der Waals surface area contributed by atoms with E-state index in [2.05, 4.69) is 22.3 Å². The van der Waals surface area contributed by atoms with Crippen LogP contribution in [0.2, 0.25) is 5.02 Å². The maximum Gasteiger partial charge on any atom is 0.306 e. The van der Waals surface area contributed by atoms with Crippen molar-refractivity contribution in [1.29, 1.82) is 0 Å². The summed E-state index contributed by atoms with van der Waals surface area (Å²) in [5, 5.41) is 3.47. The van der Waals surface area contributed by atoms with Crippen LogP contribution in [0.15, 0.2) is 54.6 Å². The molecule has 2 aromatic carbocycles.